The molecule has 0 bridgehead atoms. The van der Waals surface area contributed by atoms with E-state index in [0.29, 0.717) is 12.0 Å². The van der Waals surface area contributed by atoms with Crippen molar-refractivity contribution in [3.63, 3.8) is 0 Å². The highest BCUT2D eigenvalue weighted by atomic mass is 127. The molecule has 0 saturated carbocycles. The van der Waals surface area contributed by atoms with E-state index in [2.05, 4.69) is 51.1 Å². The molecule has 0 amide bonds. The van der Waals surface area contributed by atoms with Crippen LogP contribution in [0.25, 0.3) is 0 Å². The van der Waals surface area contributed by atoms with E-state index in [1.165, 1.54) is 0 Å². The van der Waals surface area contributed by atoms with Gasteiger partial charge in [-0.15, -0.1) is 24.0 Å². The lowest BCUT2D eigenvalue weighted by Crippen LogP contribution is -2.47. The second-order valence-electron chi connectivity index (χ2n) is 8.29. The van der Waals surface area contributed by atoms with E-state index in [0.717, 1.165) is 89.0 Å². The van der Waals surface area contributed by atoms with Gasteiger partial charge in [-0.2, -0.15) is 5.10 Å². The molecular weight excluding hydrogens is 481 g/mol. The van der Waals surface area contributed by atoms with Gasteiger partial charge in [0.1, 0.15) is 5.82 Å². The van der Waals surface area contributed by atoms with Crippen LogP contribution in [0.2, 0.25) is 0 Å². The van der Waals surface area contributed by atoms with Crippen molar-refractivity contribution in [3.05, 3.63) is 11.6 Å². The topological polar surface area (TPSA) is 90.6 Å². The summed E-state index contributed by atoms with van der Waals surface area (Å²) in [6, 6.07) is 0.329. The van der Waals surface area contributed by atoms with Crippen LogP contribution in [0.15, 0.2) is 4.99 Å². The molecule has 9 heteroatoms. The Kier molecular flexibility index (Phi) is 10.1. The maximum atomic E-state index is 9.60. The highest BCUT2D eigenvalue weighted by molar-refractivity contribution is 14.0. The SMILES string of the molecule is CCNC(=NCCCN1CCC(O)CC1)NC1CCc2nc(C(C)C)nn2C1.I. The normalized spacial score (nSPS) is 21.0. The fourth-order valence-electron chi connectivity index (χ4n) is 3.83. The zero-order valence-corrected chi connectivity index (χ0v) is 20.4. The summed E-state index contributed by atoms with van der Waals surface area (Å²) in [7, 11) is 0. The minimum Gasteiger partial charge on any atom is -0.393 e. The molecule has 0 radical (unpaired) electrons. The monoisotopic (exact) mass is 519 g/mol. The van der Waals surface area contributed by atoms with Crippen LogP contribution < -0.4 is 10.6 Å². The van der Waals surface area contributed by atoms with Crippen molar-refractivity contribution in [2.45, 2.75) is 77.5 Å². The molecule has 0 aromatic carbocycles. The van der Waals surface area contributed by atoms with Gasteiger partial charge in [-0.25, -0.2) is 9.67 Å². The first-order chi connectivity index (χ1) is 13.5. The number of rotatable bonds is 7. The first-order valence-corrected chi connectivity index (χ1v) is 10.9. The Labute approximate surface area is 192 Å². The van der Waals surface area contributed by atoms with Crippen LogP contribution >= 0.6 is 24.0 Å². The molecule has 3 rings (SSSR count). The van der Waals surface area contributed by atoms with Gasteiger partial charge in [0, 0.05) is 44.6 Å². The van der Waals surface area contributed by atoms with Crippen LogP contribution in [0.4, 0.5) is 0 Å². The summed E-state index contributed by atoms with van der Waals surface area (Å²) in [5, 5.41) is 21.2. The first-order valence-electron chi connectivity index (χ1n) is 10.9. The Balaban J connectivity index is 0.00000300. The van der Waals surface area contributed by atoms with Crippen LogP contribution in [0, 0.1) is 0 Å². The third-order valence-electron chi connectivity index (χ3n) is 5.54. The number of aliphatic hydroxyl groups is 1. The third-order valence-corrected chi connectivity index (χ3v) is 5.54. The first kappa shape index (κ1) is 24.3. The van der Waals surface area contributed by atoms with Gasteiger partial charge in [0.2, 0.25) is 0 Å². The average Bonchev–Trinajstić information content (AvgIpc) is 3.10. The number of nitrogens with zero attached hydrogens (tertiary/aromatic N) is 5. The minimum atomic E-state index is -0.101. The van der Waals surface area contributed by atoms with Gasteiger partial charge in [-0.05, 0) is 39.2 Å². The Morgan fingerprint density at radius 2 is 2.03 bits per heavy atom. The van der Waals surface area contributed by atoms with Crippen molar-refractivity contribution in [3.8, 4) is 0 Å². The fraction of sp³-hybridized carbons (Fsp3) is 0.850. The molecule has 3 heterocycles. The van der Waals surface area contributed by atoms with E-state index in [-0.39, 0.29) is 30.1 Å². The van der Waals surface area contributed by atoms with Crippen LogP contribution in [0.1, 0.15) is 64.0 Å². The summed E-state index contributed by atoms with van der Waals surface area (Å²) in [6.45, 7) is 11.9. The van der Waals surface area contributed by atoms with Gasteiger partial charge in [0.15, 0.2) is 11.8 Å². The number of piperidine rings is 1. The molecule has 1 atom stereocenters. The van der Waals surface area contributed by atoms with E-state index in [1.54, 1.807) is 0 Å². The molecule has 1 aromatic heterocycles. The number of fused-ring (bicyclic) bond motifs is 1. The van der Waals surface area contributed by atoms with E-state index < -0.39 is 0 Å². The largest absolute Gasteiger partial charge is 0.393 e. The van der Waals surface area contributed by atoms with Gasteiger partial charge in [0.25, 0.3) is 0 Å². The molecule has 29 heavy (non-hydrogen) atoms. The number of aliphatic hydroxyl groups excluding tert-OH is 1. The molecule has 3 N–H and O–H groups in total. The number of hydrogen-bond acceptors (Lipinski definition) is 5. The predicted molar refractivity (Wildman–Crippen MR) is 127 cm³/mol. The molecule has 1 saturated heterocycles. The summed E-state index contributed by atoms with van der Waals surface area (Å²) in [6.07, 6.45) is 4.75. The number of aryl methyl sites for hydroxylation is 1. The van der Waals surface area contributed by atoms with Crippen molar-refractivity contribution >= 4 is 29.9 Å². The lowest BCUT2D eigenvalue weighted by atomic mass is 10.1. The molecular formula is C20H38IN7O. The zero-order chi connectivity index (χ0) is 19.9. The Bertz CT molecular complexity index is 641. The lowest BCUT2D eigenvalue weighted by Gasteiger charge is -2.29. The molecule has 1 fully saturated rings. The summed E-state index contributed by atoms with van der Waals surface area (Å²) >= 11 is 0. The zero-order valence-electron chi connectivity index (χ0n) is 18.1. The summed E-state index contributed by atoms with van der Waals surface area (Å²) in [5.41, 5.74) is 0. The number of guanidine groups is 1. The van der Waals surface area contributed by atoms with E-state index in [1.807, 2.05) is 0 Å². The van der Waals surface area contributed by atoms with Gasteiger partial charge in [-0.1, -0.05) is 13.8 Å². The van der Waals surface area contributed by atoms with E-state index >= 15 is 0 Å². The fourth-order valence-corrected chi connectivity index (χ4v) is 3.83. The molecule has 2 aliphatic rings. The molecule has 166 valence electrons. The highest BCUT2D eigenvalue weighted by Crippen LogP contribution is 2.17. The Morgan fingerprint density at radius 1 is 1.28 bits per heavy atom. The van der Waals surface area contributed by atoms with Gasteiger partial charge in [0.05, 0.1) is 12.6 Å². The van der Waals surface area contributed by atoms with Crippen molar-refractivity contribution in [2.75, 3.05) is 32.7 Å². The quantitative estimate of drug-likeness (QED) is 0.220. The number of hydrogen-bond donors (Lipinski definition) is 3. The molecule has 1 aromatic rings. The third kappa shape index (κ3) is 7.36. The Morgan fingerprint density at radius 3 is 2.72 bits per heavy atom. The van der Waals surface area contributed by atoms with E-state index in [9.17, 15) is 5.11 Å². The average molecular weight is 519 g/mol. The van der Waals surface area contributed by atoms with Gasteiger partial charge >= 0.3 is 0 Å². The maximum absolute atomic E-state index is 9.60. The van der Waals surface area contributed by atoms with Crippen molar-refractivity contribution in [1.29, 1.82) is 0 Å². The number of nitrogens with one attached hydrogen (secondary N) is 2. The smallest absolute Gasteiger partial charge is 0.191 e. The second kappa shape index (κ2) is 12.0. The standard InChI is InChI=1S/C20H37N7O.HI/c1-4-21-20(22-10-5-11-26-12-8-17(28)9-13-26)23-16-6-7-18-24-19(15(2)3)25-27(18)14-16;/h15-17,28H,4-14H2,1-3H3,(H2,21,22,23);1H. The number of halogens is 1. The number of aliphatic imine (C=N–C) groups is 1. The van der Waals surface area contributed by atoms with Crippen LogP contribution in [0.5, 0.6) is 0 Å². The number of likely N-dealkylation sites (tertiary alicyclic amines) is 1. The predicted octanol–water partition coefficient (Wildman–Crippen LogP) is 1.74. The van der Waals surface area contributed by atoms with Crippen LogP contribution in [-0.2, 0) is 13.0 Å². The van der Waals surface area contributed by atoms with Crippen molar-refractivity contribution in [2.24, 2.45) is 4.99 Å². The van der Waals surface area contributed by atoms with Crippen molar-refractivity contribution < 1.29 is 5.11 Å². The van der Waals surface area contributed by atoms with Crippen LogP contribution in [0.3, 0.4) is 0 Å². The summed E-state index contributed by atoms with van der Waals surface area (Å²) in [5.74, 6) is 3.32. The molecule has 8 nitrogen and oxygen atoms in total. The summed E-state index contributed by atoms with van der Waals surface area (Å²) in [4.78, 5) is 11.9. The molecule has 1 unspecified atom stereocenters. The highest BCUT2D eigenvalue weighted by Gasteiger charge is 2.23. The van der Waals surface area contributed by atoms with Gasteiger partial charge < -0.3 is 20.6 Å². The molecule has 0 spiro atoms. The lowest BCUT2D eigenvalue weighted by molar-refractivity contribution is 0.0824. The molecule has 0 aliphatic carbocycles. The van der Waals surface area contributed by atoms with Gasteiger partial charge in [-0.3, -0.25) is 4.99 Å². The maximum Gasteiger partial charge on any atom is 0.191 e. The van der Waals surface area contributed by atoms with E-state index in [4.69, 9.17) is 4.99 Å². The summed E-state index contributed by atoms with van der Waals surface area (Å²) < 4.78 is 2.06. The van der Waals surface area contributed by atoms with Crippen LogP contribution in [-0.4, -0.2) is 75.6 Å². The van der Waals surface area contributed by atoms with Crippen molar-refractivity contribution in [1.82, 2.24) is 30.3 Å². The Hall–Kier alpha value is -0.940. The second-order valence-corrected chi connectivity index (χ2v) is 8.29. The number of aromatic nitrogens is 3. The molecule has 2 aliphatic heterocycles. The minimum absolute atomic E-state index is 0.